The molecule has 0 rings (SSSR count). The Morgan fingerprint density at radius 3 is 1.42 bits per heavy atom. The predicted molar refractivity (Wildman–Crippen MR) is 182 cm³/mol. The zero-order chi connectivity index (χ0) is 31.5. The van der Waals surface area contributed by atoms with Gasteiger partial charge in [0.25, 0.3) is 0 Å². The molecule has 0 amide bonds. The molecule has 0 saturated heterocycles. The normalized spacial score (nSPS) is 12.3. The van der Waals surface area contributed by atoms with Crippen molar-refractivity contribution < 1.29 is 24.2 Å². The van der Waals surface area contributed by atoms with Crippen LogP contribution in [0, 0.1) is 0 Å². The summed E-state index contributed by atoms with van der Waals surface area (Å²) in [4.78, 5) is 24.2. The molecule has 0 aliphatic carbocycles. The number of carbonyl (C=O) groups is 2. The van der Waals surface area contributed by atoms with E-state index in [-0.39, 0.29) is 25.2 Å². The third-order valence-corrected chi connectivity index (χ3v) is 8.00. The number of hydrogen-bond acceptors (Lipinski definition) is 5. The van der Waals surface area contributed by atoms with Gasteiger partial charge in [0.2, 0.25) is 0 Å². The van der Waals surface area contributed by atoms with E-state index in [1.54, 1.807) is 0 Å². The number of ether oxygens (including phenoxy) is 2. The van der Waals surface area contributed by atoms with Crippen LogP contribution in [0.2, 0.25) is 0 Å². The molecular formula is C38H70O5. The molecule has 0 radical (unpaired) electrons. The van der Waals surface area contributed by atoms with Gasteiger partial charge >= 0.3 is 11.9 Å². The van der Waals surface area contributed by atoms with Gasteiger partial charge in [-0.2, -0.15) is 0 Å². The minimum atomic E-state index is -0.768. The van der Waals surface area contributed by atoms with Crippen LogP contribution in [0.4, 0.5) is 0 Å². The maximum absolute atomic E-state index is 12.1. The lowest BCUT2D eigenvalue weighted by atomic mass is 10.0. The summed E-state index contributed by atoms with van der Waals surface area (Å²) in [6.45, 7) is 4.10. The molecule has 0 aromatic carbocycles. The zero-order valence-corrected chi connectivity index (χ0v) is 28.5. The number of rotatable bonds is 33. The Bertz CT molecular complexity index is 657. The first kappa shape index (κ1) is 41.4. The summed E-state index contributed by atoms with van der Waals surface area (Å²) in [5.74, 6) is -0.596. The maximum Gasteiger partial charge on any atom is 0.306 e. The average molecular weight is 607 g/mol. The summed E-state index contributed by atoms with van der Waals surface area (Å²) in [5.41, 5.74) is 0. The zero-order valence-electron chi connectivity index (χ0n) is 28.5. The van der Waals surface area contributed by atoms with E-state index in [2.05, 4.69) is 38.2 Å². The Morgan fingerprint density at radius 1 is 0.535 bits per heavy atom. The van der Waals surface area contributed by atoms with Crippen LogP contribution in [0.15, 0.2) is 24.3 Å². The second kappa shape index (κ2) is 34.9. The van der Waals surface area contributed by atoms with Crippen LogP contribution in [-0.4, -0.2) is 36.4 Å². The Labute approximate surface area is 266 Å². The van der Waals surface area contributed by atoms with Gasteiger partial charge in [-0.05, 0) is 44.9 Å². The number of allylic oxidation sites excluding steroid dienone is 4. The van der Waals surface area contributed by atoms with E-state index in [1.165, 1.54) is 116 Å². The predicted octanol–water partition coefficient (Wildman–Crippen LogP) is 11.1. The van der Waals surface area contributed by atoms with Crippen LogP contribution in [0.5, 0.6) is 0 Å². The standard InChI is InChI=1S/C38H70O5/c1-3-5-7-9-11-13-15-17-18-19-20-21-23-24-26-28-30-32-37(40)42-35-36(34-39)43-38(41)33-31-29-27-25-22-16-14-12-10-8-6-4-2/h11,13,17-18,36,39H,3-10,12,14-16,19-35H2,1-2H3/t36-/m0/s1. The van der Waals surface area contributed by atoms with E-state index in [9.17, 15) is 14.7 Å². The molecule has 0 heterocycles. The van der Waals surface area contributed by atoms with E-state index in [0.29, 0.717) is 12.8 Å². The fourth-order valence-corrected chi connectivity index (χ4v) is 5.17. The van der Waals surface area contributed by atoms with Gasteiger partial charge in [-0.25, -0.2) is 0 Å². The molecule has 252 valence electrons. The minimum absolute atomic E-state index is 0.0663. The van der Waals surface area contributed by atoms with Crippen molar-refractivity contribution in [1.29, 1.82) is 0 Å². The summed E-state index contributed by atoms with van der Waals surface area (Å²) in [5, 5.41) is 9.52. The number of unbranched alkanes of at least 4 members (excludes halogenated alkanes) is 21. The Balaban J connectivity index is 3.56. The van der Waals surface area contributed by atoms with Crippen LogP contribution < -0.4 is 0 Å². The molecule has 0 saturated carbocycles. The molecule has 5 nitrogen and oxygen atoms in total. The maximum atomic E-state index is 12.1. The fraction of sp³-hybridized carbons (Fsp3) is 0.842. The van der Waals surface area contributed by atoms with E-state index in [1.807, 2.05) is 0 Å². The minimum Gasteiger partial charge on any atom is -0.462 e. The van der Waals surface area contributed by atoms with Gasteiger partial charge in [0.1, 0.15) is 6.61 Å². The van der Waals surface area contributed by atoms with Gasteiger partial charge in [0.15, 0.2) is 6.10 Å². The number of aliphatic hydroxyl groups is 1. The fourth-order valence-electron chi connectivity index (χ4n) is 5.17. The molecule has 0 aliphatic heterocycles. The first-order chi connectivity index (χ1) is 21.1. The van der Waals surface area contributed by atoms with Gasteiger partial charge in [-0.3, -0.25) is 9.59 Å². The number of hydrogen-bond donors (Lipinski definition) is 1. The largest absolute Gasteiger partial charge is 0.462 e. The van der Waals surface area contributed by atoms with E-state index < -0.39 is 6.10 Å². The molecule has 0 fully saturated rings. The van der Waals surface area contributed by atoms with Crippen molar-refractivity contribution in [3.63, 3.8) is 0 Å². The third kappa shape index (κ3) is 33.1. The van der Waals surface area contributed by atoms with Crippen LogP contribution in [0.3, 0.4) is 0 Å². The topological polar surface area (TPSA) is 72.8 Å². The highest BCUT2D eigenvalue weighted by Crippen LogP contribution is 2.14. The SMILES string of the molecule is CCCCCC=CCC=CCCCCCCCCCC(=O)OC[C@H](CO)OC(=O)CCCCCCCCCCCCCC. The first-order valence-corrected chi connectivity index (χ1v) is 18.4. The van der Waals surface area contributed by atoms with Crippen molar-refractivity contribution in [2.45, 2.75) is 193 Å². The number of carbonyl (C=O) groups excluding carboxylic acids is 2. The number of esters is 2. The molecule has 0 unspecified atom stereocenters. The van der Waals surface area contributed by atoms with Gasteiger partial charge < -0.3 is 14.6 Å². The summed E-state index contributed by atoms with van der Waals surface area (Å²) in [6.07, 6.45) is 39.4. The van der Waals surface area contributed by atoms with Gasteiger partial charge in [0.05, 0.1) is 6.61 Å². The van der Waals surface area contributed by atoms with Crippen molar-refractivity contribution in [3.05, 3.63) is 24.3 Å². The van der Waals surface area contributed by atoms with Gasteiger partial charge in [-0.1, -0.05) is 154 Å². The molecule has 0 aromatic rings. The van der Waals surface area contributed by atoms with Crippen LogP contribution in [0.25, 0.3) is 0 Å². The van der Waals surface area contributed by atoms with E-state index in [4.69, 9.17) is 9.47 Å². The highest BCUT2D eigenvalue weighted by molar-refractivity contribution is 5.70. The summed E-state index contributed by atoms with van der Waals surface area (Å²) >= 11 is 0. The monoisotopic (exact) mass is 607 g/mol. The molecule has 1 N–H and O–H groups in total. The summed E-state index contributed by atoms with van der Waals surface area (Å²) in [6, 6.07) is 0. The van der Waals surface area contributed by atoms with Gasteiger partial charge in [0, 0.05) is 12.8 Å². The molecule has 1 atom stereocenters. The van der Waals surface area contributed by atoms with Crippen molar-refractivity contribution in [2.24, 2.45) is 0 Å². The molecule has 43 heavy (non-hydrogen) atoms. The average Bonchev–Trinajstić information content (AvgIpc) is 3.01. The van der Waals surface area contributed by atoms with Crippen molar-refractivity contribution in [3.8, 4) is 0 Å². The van der Waals surface area contributed by atoms with E-state index in [0.717, 1.165) is 44.9 Å². The highest BCUT2D eigenvalue weighted by Gasteiger charge is 2.16. The summed E-state index contributed by atoms with van der Waals surface area (Å²) < 4.78 is 10.6. The van der Waals surface area contributed by atoms with Crippen molar-refractivity contribution in [2.75, 3.05) is 13.2 Å². The molecule has 5 heteroatoms. The van der Waals surface area contributed by atoms with Crippen LogP contribution in [-0.2, 0) is 19.1 Å². The first-order valence-electron chi connectivity index (χ1n) is 18.4. The van der Waals surface area contributed by atoms with Crippen molar-refractivity contribution >= 4 is 11.9 Å². The highest BCUT2D eigenvalue weighted by atomic mass is 16.6. The summed E-state index contributed by atoms with van der Waals surface area (Å²) in [7, 11) is 0. The Kier molecular flexibility index (Phi) is 33.6. The molecule has 0 aromatic heterocycles. The van der Waals surface area contributed by atoms with E-state index >= 15 is 0 Å². The number of aliphatic hydroxyl groups excluding tert-OH is 1. The second-order valence-corrected chi connectivity index (χ2v) is 12.3. The Morgan fingerprint density at radius 2 is 0.930 bits per heavy atom. The Hall–Kier alpha value is -1.62. The molecule has 0 bridgehead atoms. The molecule has 0 aliphatic rings. The molecule has 0 spiro atoms. The van der Waals surface area contributed by atoms with Crippen molar-refractivity contribution in [1.82, 2.24) is 0 Å². The lowest BCUT2D eigenvalue weighted by Crippen LogP contribution is -2.28. The lowest BCUT2D eigenvalue weighted by Gasteiger charge is -2.15. The molecular weight excluding hydrogens is 536 g/mol. The van der Waals surface area contributed by atoms with Crippen LogP contribution in [0.1, 0.15) is 187 Å². The lowest BCUT2D eigenvalue weighted by molar-refractivity contribution is -0.161. The quantitative estimate of drug-likeness (QED) is 0.0457. The second-order valence-electron chi connectivity index (χ2n) is 12.3. The van der Waals surface area contributed by atoms with Crippen LogP contribution >= 0.6 is 0 Å². The smallest absolute Gasteiger partial charge is 0.306 e. The van der Waals surface area contributed by atoms with Gasteiger partial charge in [-0.15, -0.1) is 0 Å². The third-order valence-electron chi connectivity index (χ3n) is 8.00.